The number of para-hydroxylation sites is 1. The van der Waals surface area contributed by atoms with Gasteiger partial charge >= 0.3 is 5.69 Å². The summed E-state index contributed by atoms with van der Waals surface area (Å²) in [5.74, 6) is 0.258. The van der Waals surface area contributed by atoms with Crippen molar-refractivity contribution in [2.24, 2.45) is 0 Å². The Bertz CT molecular complexity index is 763. The summed E-state index contributed by atoms with van der Waals surface area (Å²) in [4.78, 5) is 11.2. The molecule has 2 aromatic carbocycles. The maximum Gasteiger partial charge on any atom is 0.316 e. The Morgan fingerprint density at radius 3 is 2.79 bits per heavy atom. The third-order valence-corrected chi connectivity index (χ3v) is 4.07. The van der Waals surface area contributed by atoms with E-state index in [1.807, 2.05) is 35.3 Å². The highest BCUT2D eigenvalue weighted by molar-refractivity contribution is 5.78. The Balaban J connectivity index is 2.12. The summed E-state index contributed by atoms with van der Waals surface area (Å²) in [7, 11) is 1.43. The van der Waals surface area contributed by atoms with Crippen LogP contribution in [0.3, 0.4) is 0 Å². The smallest absolute Gasteiger partial charge is 0.316 e. The van der Waals surface area contributed by atoms with Crippen LogP contribution < -0.4 is 15.2 Å². The van der Waals surface area contributed by atoms with Crippen LogP contribution in [0.1, 0.15) is 17.5 Å². The van der Waals surface area contributed by atoms with E-state index in [0.29, 0.717) is 24.9 Å². The molecule has 0 unspecified atom stereocenters. The molecule has 1 aliphatic heterocycles. The van der Waals surface area contributed by atoms with Crippen molar-refractivity contribution >= 4 is 17.1 Å². The van der Waals surface area contributed by atoms with Crippen molar-refractivity contribution in [3.05, 3.63) is 57.6 Å². The summed E-state index contributed by atoms with van der Waals surface area (Å²) in [5, 5.41) is 22.4. The first-order valence-electron chi connectivity index (χ1n) is 7.74. The molecular formula is C17H19N3O4. The number of nitrogens with one attached hydrogen (secondary N) is 1. The number of aliphatic hydroxyl groups is 1. The molecule has 1 aliphatic rings. The number of fused-ring (bicyclic) bond motifs is 2. The number of hydrazine groups is 1. The van der Waals surface area contributed by atoms with Crippen molar-refractivity contribution in [1.82, 2.24) is 5.43 Å². The van der Waals surface area contributed by atoms with Gasteiger partial charge in [-0.2, -0.15) is 0 Å². The molecule has 3 rings (SSSR count). The van der Waals surface area contributed by atoms with Gasteiger partial charge in [0.05, 0.1) is 29.0 Å². The minimum Gasteiger partial charge on any atom is -0.490 e. The lowest BCUT2D eigenvalue weighted by Gasteiger charge is -2.33. The highest BCUT2D eigenvalue weighted by Gasteiger charge is 2.31. The molecule has 7 nitrogen and oxygen atoms in total. The van der Waals surface area contributed by atoms with Crippen molar-refractivity contribution in [2.75, 3.05) is 25.3 Å². The Morgan fingerprint density at radius 2 is 2.08 bits per heavy atom. The second-order valence-corrected chi connectivity index (χ2v) is 5.50. The van der Waals surface area contributed by atoms with E-state index in [0.717, 1.165) is 16.9 Å². The van der Waals surface area contributed by atoms with Gasteiger partial charge < -0.3 is 9.84 Å². The SMILES string of the molecule is COc1ccc2c(c1[N+](=O)[O-])Cc1ccccc1N2NCCCO. The van der Waals surface area contributed by atoms with E-state index in [-0.39, 0.29) is 18.0 Å². The predicted molar refractivity (Wildman–Crippen MR) is 90.7 cm³/mol. The molecule has 7 heteroatoms. The molecule has 0 saturated carbocycles. The molecule has 2 N–H and O–H groups in total. The summed E-state index contributed by atoms with van der Waals surface area (Å²) in [5.41, 5.74) is 6.56. The number of nitro groups is 1. The topological polar surface area (TPSA) is 87.9 Å². The van der Waals surface area contributed by atoms with Crippen LogP contribution in [-0.2, 0) is 6.42 Å². The summed E-state index contributed by atoms with van der Waals surface area (Å²) in [6.45, 7) is 0.641. The van der Waals surface area contributed by atoms with Crippen LogP contribution in [0.2, 0.25) is 0 Å². The van der Waals surface area contributed by atoms with E-state index < -0.39 is 4.92 Å². The van der Waals surface area contributed by atoms with Gasteiger partial charge in [-0.05, 0) is 30.2 Å². The fourth-order valence-corrected chi connectivity index (χ4v) is 2.99. The minimum absolute atomic E-state index is 0.00142. The molecule has 0 saturated heterocycles. The molecule has 0 atom stereocenters. The molecule has 2 aromatic rings. The second kappa shape index (κ2) is 6.86. The van der Waals surface area contributed by atoms with Gasteiger partial charge in [0.2, 0.25) is 0 Å². The second-order valence-electron chi connectivity index (χ2n) is 5.50. The zero-order chi connectivity index (χ0) is 17.1. The number of methoxy groups -OCH3 is 1. The zero-order valence-corrected chi connectivity index (χ0v) is 13.4. The van der Waals surface area contributed by atoms with Gasteiger partial charge in [-0.1, -0.05) is 18.2 Å². The quantitative estimate of drug-likeness (QED) is 0.481. The van der Waals surface area contributed by atoms with Crippen LogP contribution in [0.5, 0.6) is 5.75 Å². The Morgan fingerprint density at radius 1 is 1.29 bits per heavy atom. The molecule has 0 fully saturated rings. The first kappa shape index (κ1) is 16.2. The predicted octanol–water partition coefficient (Wildman–Crippen LogP) is 2.53. The van der Waals surface area contributed by atoms with Crippen molar-refractivity contribution in [3.63, 3.8) is 0 Å². The average Bonchev–Trinajstić information content (AvgIpc) is 2.60. The number of nitro benzene ring substituents is 1. The Labute approximate surface area is 139 Å². The lowest BCUT2D eigenvalue weighted by molar-refractivity contribution is -0.386. The number of nitrogens with zero attached hydrogens (tertiary/aromatic N) is 2. The average molecular weight is 329 g/mol. The maximum absolute atomic E-state index is 11.6. The number of anilines is 2. The highest BCUT2D eigenvalue weighted by Crippen LogP contribution is 2.44. The molecule has 0 radical (unpaired) electrons. The van der Waals surface area contributed by atoms with Gasteiger partial charge in [0.25, 0.3) is 0 Å². The molecule has 126 valence electrons. The minimum atomic E-state index is -0.391. The van der Waals surface area contributed by atoms with Crippen LogP contribution in [0.4, 0.5) is 17.1 Å². The molecule has 0 amide bonds. The Hall–Kier alpha value is -2.64. The monoisotopic (exact) mass is 329 g/mol. The number of hydrogen-bond acceptors (Lipinski definition) is 6. The van der Waals surface area contributed by atoms with Crippen molar-refractivity contribution in [2.45, 2.75) is 12.8 Å². The van der Waals surface area contributed by atoms with Crippen LogP contribution in [0.15, 0.2) is 36.4 Å². The third-order valence-electron chi connectivity index (χ3n) is 4.07. The molecule has 1 heterocycles. The van der Waals surface area contributed by atoms with E-state index in [1.165, 1.54) is 7.11 Å². The Kier molecular flexibility index (Phi) is 4.64. The van der Waals surface area contributed by atoms with Crippen LogP contribution in [0, 0.1) is 10.1 Å². The molecule has 0 aliphatic carbocycles. The van der Waals surface area contributed by atoms with Crippen LogP contribution in [0.25, 0.3) is 0 Å². The fraction of sp³-hybridized carbons (Fsp3) is 0.294. The molecule has 0 spiro atoms. The molecule has 0 bridgehead atoms. The van der Waals surface area contributed by atoms with Gasteiger partial charge in [0.15, 0.2) is 5.75 Å². The van der Waals surface area contributed by atoms with Crippen molar-refractivity contribution in [1.29, 1.82) is 0 Å². The number of hydrogen-bond donors (Lipinski definition) is 2. The highest BCUT2D eigenvalue weighted by atomic mass is 16.6. The van der Waals surface area contributed by atoms with Gasteiger partial charge in [0, 0.05) is 19.6 Å². The van der Waals surface area contributed by atoms with Crippen LogP contribution in [-0.4, -0.2) is 30.3 Å². The van der Waals surface area contributed by atoms with Crippen LogP contribution >= 0.6 is 0 Å². The van der Waals surface area contributed by atoms with Crippen molar-refractivity contribution < 1.29 is 14.8 Å². The largest absolute Gasteiger partial charge is 0.490 e. The number of ether oxygens (including phenoxy) is 1. The summed E-state index contributed by atoms with van der Waals surface area (Å²) >= 11 is 0. The van der Waals surface area contributed by atoms with Gasteiger partial charge in [-0.3, -0.25) is 15.1 Å². The van der Waals surface area contributed by atoms with E-state index >= 15 is 0 Å². The van der Waals surface area contributed by atoms with E-state index in [2.05, 4.69) is 5.43 Å². The number of rotatable bonds is 6. The van der Waals surface area contributed by atoms with Crippen molar-refractivity contribution in [3.8, 4) is 5.75 Å². The van der Waals surface area contributed by atoms with E-state index in [4.69, 9.17) is 9.84 Å². The summed E-state index contributed by atoms with van der Waals surface area (Å²) in [6.07, 6.45) is 1.06. The number of benzene rings is 2. The first-order chi connectivity index (χ1) is 11.7. The standard InChI is InChI=1S/C17H19N3O4/c1-24-16-8-7-15-13(17(16)20(22)23)11-12-5-2-3-6-14(12)19(15)18-9-4-10-21/h2-3,5-8,18,21H,4,9-11H2,1H3. The first-order valence-corrected chi connectivity index (χ1v) is 7.74. The maximum atomic E-state index is 11.6. The fourth-order valence-electron chi connectivity index (χ4n) is 2.99. The zero-order valence-electron chi connectivity index (χ0n) is 13.4. The third kappa shape index (κ3) is 2.79. The number of aliphatic hydroxyl groups excluding tert-OH is 1. The van der Waals surface area contributed by atoms with E-state index in [1.54, 1.807) is 6.07 Å². The lowest BCUT2D eigenvalue weighted by atomic mass is 9.95. The molecule has 0 aromatic heterocycles. The summed E-state index contributed by atoms with van der Waals surface area (Å²) in [6, 6.07) is 11.2. The normalized spacial score (nSPS) is 12.5. The summed E-state index contributed by atoms with van der Waals surface area (Å²) < 4.78 is 5.18. The van der Waals surface area contributed by atoms with Gasteiger partial charge in [-0.15, -0.1) is 0 Å². The van der Waals surface area contributed by atoms with E-state index in [9.17, 15) is 10.1 Å². The molecule has 24 heavy (non-hydrogen) atoms. The van der Waals surface area contributed by atoms with Gasteiger partial charge in [0.1, 0.15) is 0 Å². The molecular weight excluding hydrogens is 310 g/mol. The van der Waals surface area contributed by atoms with Gasteiger partial charge in [-0.25, -0.2) is 5.43 Å². The lowest BCUT2D eigenvalue weighted by Crippen LogP contribution is -2.38.